The first-order valence-corrected chi connectivity index (χ1v) is 8.35. The van der Waals surface area contributed by atoms with E-state index in [1.54, 1.807) is 6.08 Å². The average molecular weight is 326 g/mol. The van der Waals surface area contributed by atoms with Gasteiger partial charge in [-0.05, 0) is 61.4 Å². The van der Waals surface area contributed by atoms with Gasteiger partial charge in [0, 0.05) is 17.1 Å². The predicted molar refractivity (Wildman–Crippen MR) is 93.7 cm³/mol. The molecule has 0 aliphatic carbocycles. The van der Waals surface area contributed by atoms with E-state index in [0.717, 1.165) is 40.8 Å². The average Bonchev–Trinajstić information content (AvgIpc) is 2.98. The summed E-state index contributed by atoms with van der Waals surface area (Å²) in [7, 11) is 0. The number of aryl methyl sites for hydroxylation is 2. The monoisotopic (exact) mass is 326 g/mol. The van der Waals surface area contributed by atoms with Gasteiger partial charge in [0.1, 0.15) is 0 Å². The first-order valence-electron chi connectivity index (χ1n) is 7.53. The van der Waals surface area contributed by atoms with Crippen molar-refractivity contribution in [1.29, 1.82) is 0 Å². The molecule has 23 heavy (non-hydrogen) atoms. The molecule has 4 nitrogen and oxygen atoms in total. The van der Waals surface area contributed by atoms with Crippen molar-refractivity contribution in [3.8, 4) is 5.69 Å². The molecule has 1 aromatic heterocycles. The SMILES string of the molecule is CCc1ccccc1-n1c(C)cc(/C=C2\SC(=O)NC2=O)c1C. The molecule has 0 bridgehead atoms. The molecule has 0 saturated carbocycles. The highest BCUT2D eigenvalue weighted by molar-refractivity contribution is 8.18. The Labute approximate surface area is 139 Å². The maximum Gasteiger partial charge on any atom is 0.290 e. The van der Waals surface area contributed by atoms with E-state index in [1.165, 1.54) is 5.56 Å². The van der Waals surface area contributed by atoms with Crippen molar-refractivity contribution in [3.63, 3.8) is 0 Å². The summed E-state index contributed by atoms with van der Waals surface area (Å²) in [6.07, 6.45) is 2.74. The first kappa shape index (κ1) is 15.6. The largest absolute Gasteiger partial charge is 0.318 e. The zero-order chi connectivity index (χ0) is 16.6. The highest BCUT2D eigenvalue weighted by atomic mass is 32.2. The number of hydrogen-bond acceptors (Lipinski definition) is 3. The van der Waals surface area contributed by atoms with Gasteiger partial charge in [-0.1, -0.05) is 25.1 Å². The summed E-state index contributed by atoms with van der Waals surface area (Å²) in [5, 5.41) is 1.97. The van der Waals surface area contributed by atoms with E-state index in [0.29, 0.717) is 4.91 Å². The molecule has 1 saturated heterocycles. The van der Waals surface area contributed by atoms with E-state index < -0.39 is 0 Å². The van der Waals surface area contributed by atoms with Crippen LogP contribution < -0.4 is 5.32 Å². The third kappa shape index (κ3) is 2.84. The fourth-order valence-electron chi connectivity index (χ4n) is 2.89. The van der Waals surface area contributed by atoms with Gasteiger partial charge in [-0.25, -0.2) is 0 Å². The minimum absolute atomic E-state index is 0.314. The number of carbonyl (C=O) groups excluding carboxylic acids is 2. The van der Waals surface area contributed by atoms with Crippen LogP contribution in [0.15, 0.2) is 35.2 Å². The van der Waals surface area contributed by atoms with Gasteiger partial charge in [0.25, 0.3) is 11.1 Å². The highest BCUT2D eigenvalue weighted by Gasteiger charge is 2.25. The molecule has 2 amide bonds. The van der Waals surface area contributed by atoms with Crippen molar-refractivity contribution in [2.45, 2.75) is 27.2 Å². The molecular formula is C18H18N2O2S. The summed E-state index contributed by atoms with van der Waals surface area (Å²) in [5.74, 6) is -0.321. The molecule has 0 radical (unpaired) electrons. The van der Waals surface area contributed by atoms with Gasteiger partial charge in [-0.15, -0.1) is 0 Å². The zero-order valence-electron chi connectivity index (χ0n) is 13.3. The maximum atomic E-state index is 11.7. The van der Waals surface area contributed by atoms with E-state index in [1.807, 2.05) is 25.1 Å². The summed E-state index contributed by atoms with van der Waals surface area (Å²) in [6.45, 7) is 6.22. The molecule has 0 spiro atoms. The van der Waals surface area contributed by atoms with Gasteiger partial charge in [0.05, 0.1) is 4.91 Å². The topological polar surface area (TPSA) is 51.1 Å². The van der Waals surface area contributed by atoms with Crippen LogP contribution >= 0.6 is 11.8 Å². The van der Waals surface area contributed by atoms with Crippen LogP contribution in [0.25, 0.3) is 11.8 Å². The summed E-state index contributed by atoms with van der Waals surface area (Å²) in [6, 6.07) is 10.4. The normalized spacial score (nSPS) is 16.2. The maximum absolute atomic E-state index is 11.7. The number of hydrogen-bond donors (Lipinski definition) is 1. The molecule has 1 aliphatic rings. The second kappa shape index (κ2) is 6.08. The Morgan fingerprint density at radius 1 is 1.22 bits per heavy atom. The van der Waals surface area contributed by atoms with Gasteiger partial charge in [0.15, 0.2) is 0 Å². The Kier molecular flexibility index (Phi) is 4.13. The van der Waals surface area contributed by atoms with Gasteiger partial charge in [-0.3, -0.25) is 14.9 Å². The van der Waals surface area contributed by atoms with Crippen LogP contribution in [0.2, 0.25) is 0 Å². The van der Waals surface area contributed by atoms with Crippen LogP contribution in [0.1, 0.15) is 29.4 Å². The van der Waals surface area contributed by atoms with Gasteiger partial charge in [0.2, 0.25) is 0 Å². The molecular weight excluding hydrogens is 308 g/mol. The van der Waals surface area contributed by atoms with Gasteiger partial charge in [-0.2, -0.15) is 0 Å². The Bertz CT molecular complexity index is 834. The lowest BCUT2D eigenvalue weighted by atomic mass is 10.1. The Morgan fingerprint density at radius 2 is 1.96 bits per heavy atom. The summed E-state index contributed by atoms with van der Waals surface area (Å²) < 4.78 is 2.20. The minimum Gasteiger partial charge on any atom is -0.318 e. The molecule has 118 valence electrons. The van der Waals surface area contributed by atoms with Gasteiger partial charge >= 0.3 is 0 Å². The number of thioether (sulfide) groups is 1. The van der Waals surface area contributed by atoms with E-state index in [9.17, 15) is 9.59 Å². The van der Waals surface area contributed by atoms with Crippen LogP contribution in [0, 0.1) is 13.8 Å². The predicted octanol–water partition coefficient (Wildman–Crippen LogP) is 3.98. The molecule has 2 heterocycles. The van der Waals surface area contributed by atoms with Crippen LogP contribution in [0.5, 0.6) is 0 Å². The summed E-state index contributed by atoms with van der Waals surface area (Å²) in [5.41, 5.74) is 5.56. The molecule has 1 N–H and O–H groups in total. The van der Waals surface area contributed by atoms with Crippen molar-refractivity contribution in [1.82, 2.24) is 9.88 Å². The van der Waals surface area contributed by atoms with Crippen LogP contribution in [0.3, 0.4) is 0 Å². The van der Waals surface area contributed by atoms with Crippen molar-refractivity contribution < 1.29 is 9.59 Å². The molecule has 0 atom stereocenters. The molecule has 1 aliphatic heterocycles. The highest BCUT2D eigenvalue weighted by Crippen LogP contribution is 2.29. The van der Waals surface area contributed by atoms with Crippen molar-refractivity contribution in [3.05, 3.63) is 57.8 Å². The Balaban J connectivity index is 2.09. The van der Waals surface area contributed by atoms with E-state index in [-0.39, 0.29) is 11.1 Å². The molecule has 1 aromatic carbocycles. The second-order valence-electron chi connectivity index (χ2n) is 5.50. The van der Waals surface area contributed by atoms with Crippen molar-refractivity contribution >= 4 is 29.0 Å². The third-order valence-electron chi connectivity index (χ3n) is 4.01. The minimum atomic E-state index is -0.321. The molecule has 5 heteroatoms. The lowest BCUT2D eigenvalue weighted by molar-refractivity contribution is -0.115. The zero-order valence-corrected chi connectivity index (χ0v) is 14.2. The Morgan fingerprint density at radius 3 is 2.61 bits per heavy atom. The number of aromatic nitrogens is 1. The number of rotatable bonds is 3. The lowest BCUT2D eigenvalue weighted by Crippen LogP contribution is -2.17. The first-order chi connectivity index (χ1) is 11.0. The molecule has 3 rings (SSSR count). The number of nitrogens with one attached hydrogen (secondary N) is 1. The summed E-state index contributed by atoms with van der Waals surface area (Å²) >= 11 is 0.948. The van der Waals surface area contributed by atoms with E-state index in [2.05, 4.69) is 35.9 Å². The smallest absolute Gasteiger partial charge is 0.290 e. The van der Waals surface area contributed by atoms with Gasteiger partial charge < -0.3 is 4.57 Å². The number of benzene rings is 1. The fraction of sp³-hybridized carbons (Fsp3) is 0.222. The Hall–Kier alpha value is -2.27. The number of para-hydroxylation sites is 1. The van der Waals surface area contributed by atoms with Crippen molar-refractivity contribution in [2.75, 3.05) is 0 Å². The number of amides is 2. The van der Waals surface area contributed by atoms with Crippen LogP contribution in [0.4, 0.5) is 4.79 Å². The molecule has 2 aromatic rings. The van der Waals surface area contributed by atoms with Crippen molar-refractivity contribution in [2.24, 2.45) is 0 Å². The van der Waals surface area contributed by atoms with E-state index in [4.69, 9.17) is 0 Å². The quantitative estimate of drug-likeness (QED) is 0.868. The van der Waals surface area contributed by atoms with Crippen LogP contribution in [-0.4, -0.2) is 15.7 Å². The molecule has 1 fully saturated rings. The summed E-state index contributed by atoms with van der Waals surface area (Å²) in [4.78, 5) is 23.5. The number of nitrogens with zero attached hydrogens (tertiary/aromatic N) is 1. The second-order valence-corrected chi connectivity index (χ2v) is 6.51. The lowest BCUT2D eigenvalue weighted by Gasteiger charge is -2.13. The standard InChI is InChI=1S/C18H18N2O2S/c1-4-13-7-5-6-8-15(13)20-11(2)9-14(12(20)3)10-16-17(21)19-18(22)23-16/h5-10H,4H2,1-3H3,(H,19,21,22)/b16-10-. The van der Waals surface area contributed by atoms with E-state index >= 15 is 0 Å². The molecule has 0 unspecified atom stereocenters. The van der Waals surface area contributed by atoms with Crippen LogP contribution in [-0.2, 0) is 11.2 Å². The number of imide groups is 1. The number of carbonyl (C=O) groups is 2. The fourth-order valence-corrected chi connectivity index (χ4v) is 3.57. The third-order valence-corrected chi connectivity index (χ3v) is 4.82.